The van der Waals surface area contributed by atoms with Crippen molar-refractivity contribution in [2.45, 2.75) is 25.0 Å². The number of anilines is 1. The number of carbonyl (C=O) groups excluding carboxylic acids is 1. The van der Waals surface area contributed by atoms with Crippen LogP contribution in [0.2, 0.25) is 0 Å². The van der Waals surface area contributed by atoms with Crippen LogP contribution in [0.25, 0.3) is 0 Å². The van der Waals surface area contributed by atoms with Crippen molar-refractivity contribution in [1.29, 1.82) is 0 Å². The van der Waals surface area contributed by atoms with Gasteiger partial charge < -0.3 is 10.0 Å². The Kier molecular flexibility index (Phi) is 5.81. The zero-order chi connectivity index (χ0) is 16.8. The minimum Gasteiger partial charge on any atom is -0.493 e. The second kappa shape index (κ2) is 7.82. The SMILES string of the molecule is CCCn1c(SCC(=O)N(C)c2ccccc2)nc(O)cc1=O. The Bertz CT molecular complexity index is 731. The molecular formula is C16H19N3O3S. The Morgan fingerprint density at radius 3 is 2.70 bits per heavy atom. The highest BCUT2D eigenvalue weighted by Crippen LogP contribution is 2.19. The van der Waals surface area contributed by atoms with Crippen LogP contribution in [0.5, 0.6) is 5.88 Å². The topological polar surface area (TPSA) is 75.4 Å². The van der Waals surface area contributed by atoms with Crippen molar-refractivity contribution >= 4 is 23.4 Å². The highest BCUT2D eigenvalue weighted by Gasteiger charge is 2.14. The van der Waals surface area contributed by atoms with Crippen molar-refractivity contribution in [2.75, 3.05) is 17.7 Å². The minimum absolute atomic E-state index is 0.109. The van der Waals surface area contributed by atoms with Gasteiger partial charge in [0.15, 0.2) is 5.16 Å². The van der Waals surface area contributed by atoms with Crippen molar-refractivity contribution in [2.24, 2.45) is 0 Å². The molecule has 1 aromatic carbocycles. The molecule has 0 fully saturated rings. The number of carbonyl (C=O) groups is 1. The summed E-state index contributed by atoms with van der Waals surface area (Å²) in [6, 6.07) is 10.4. The average molecular weight is 333 g/mol. The number of hydrogen-bond acceptors (Lipinski definition) is 5. The zero-order valence-electron chi connectivity index (χ0n) is 13.1. The summed E-state index contributed by atoms with van der Waals surface area (Å²) < 4.78 is 1.47. The molecule has 1 N–H and O–H groups in total. The van der Waals surface area contributed by atoms with Crippen LogP contribution in [0, 0.1) is 0 Å². The second-order valence-corrected chi connectivity index (χ2v) is 5.91. The summed E-state index contributed by atoms with van der Waals surface area (Å²) in [4.78, 5) is 29.7. The van der Waals surface area contributed by atoms with E-state index in [2.05, 4.69) is 4.98 Å². The molecule has 0 bridgehead atoms. The fourth-order valence-electron chi connectivity index (χ4n) is 2.03. The summed E-state index contributed by atoms with van der Waals surface area (Å²) in [5, 5.41) is 9.86. The summed E-state index contributed by atoms with van der Waals surface area (Å²) in [5.41, 5.74) is 0.485. The van der Waals surface area contributed by atoms with Crippen molar-refractivity contribution in [1.82, 2.24) is 9.55 Å². The number of aromatic nitrogens is 2. The lowest BCUT2D eigenvalue weighted by Crippen LogP contribution is -2.28. The fourth-order valence-corrected chi connectivity index (χ4v) is 2.97. The van der Waals surface area contributed by atoms with Gasteiger partial charge in [-0.15, -0.1) is 0 Å². The maximum Gasteiger partial charge on any atom is 0.257 e. The van der Waals surface area contributed by atoms with Gasteiger partial charge in [-0.25, -0.2) is 0 Å². The molecule has 1 heterocycles. The predicted octanol–water partition coefficient (Wildman–Crippen LogP) is 2.11. The van der Waals surface area contributed by atoms with Gasteiger partial charge in [-0.05, 0) is 18.6 Å². The van der Waals surface area contributed by atoms with E-state index >= 15 is 0 Å². The maximum atomic E-state index is 12.3. The number of para-hydroxylation sites is 1. The van der Waals surface area contributed by atoms with Crippen LogP contribution in [0.15, 0.2) is 46.3 Å². The molecule has 0 radical (unpaired) electrons. The molecule has 0 aliphatic carbocycles. The van der Waals surface area contributed by atoms with Gasteiger partial charge >= 0.3 is 0 Å². The highest BCUT2D eigenvalue weighted by atomic mass is 32.2. The summed E-state index contributed by atoms with van der Waals surface area (Å²) in [7, 11) is 1.70. The van der Waals surface area contributed by atoms with Crippen LogP contribution in [0.1, 0.15) is 13.3 Å². The van der Waals surface area contributed by atoms with E-state index in [1.54, 1.807) is 11.9 Å². The van der Waals surface area contributed by atoms with Crippen LogP contribution in [0.4, 0.5) is 5.69 Å². The van der Waals surface area contributed by atoms with E-state index in [1.165, 1.54) is 4.57 Å². The Labute approximate surface area is 138 Å². The first-order valence-corrected chi connectivity index (χ1v) is 8.26. The normalized spacial score (nSPS) is 10.5. The second-order valence-electron chi connectivity index (χ2n) is 4.96. The lowest BCUT2D eigenvalue weighted by molar-refractivity contribution is -0.115. The Balaban J connectivity index is 2.11. The van der Waals surface area contributed by atoms with Gasteiger partial charge in [0.1, 0.15) is 0 Å². The zero-order valence-corrected chi connectivity index (χ0v) is 13.9. The number of rotatable bonds is 6. The molecule has 23 heavy (non-hydrogen) atoms. The third-order valence-corrected chi connectivity index (χ3v) is 4.21. The van der Waals surface area contributed by atoms with Gasteiger partial charge in [0.25, 0.3) is 5.56 Å². The van der Waals surface area contributed by atoms with Gasteiger partial charge in [0, 0.05) is 19.3 Å². The molecule has 0 atom stereocenters. The highest BCUT2D eigenvalue weighted by molar-refractivity contribution is 7.99. The standard InChI is InChI=1S/C16H19N3O3S/c1-3-9-19-14(21)10-13(20)17-16(19)23-11-15(22)18(2)12-7-5-4-6-8-12/h4-8,10,20H,3,9,11H2,1-2H3. The Morgan fingerprint density at radius 2 is 2.04 bits per heavy atom. The predicted molar refractivity (Wildman–Crippen MR) is 91.0 cm³/mol. The number of amides is 1. The number of hydrogen-bond donors (Lipinski definition) is 1. The van der Waals surface area contributed by atoms with Gasteiger partial charge in [-0.2, -0.15) is 4.98 Å². The van der Waals surface area contributed by atoms with E-state index in [1.807, 2.05) is 37.3 Å². The van der Waals surface area contributed by atoms with Gasteiger partial charge in [-0.3, -0.25) is 14.2 Å². The molecule has 0 unspecified atom stereocenters. The molecule has 0 aliphatic rings. The molecule has 0 spiro atoms. The van der Waals surface area contributed by atoms with Gasteiger partial charge in [0.2, 0.25) is 11.8 Å². The molecule has 7 heteroatoms. The first-order chi connectivity index (χ1) is 11.0. The number of nitrogens with zero attached hydrogens (tertiary/aromatic N) is 3. The first kappa shape index (κ1) is 17.1. The van der Waals surface area contributed by atoms with Gasteiger partial charge in [0.05, 0.1) is 11.8 Å². The summed E-state index contributed by atoms with van der Waals surface area (Å²) in [6.07, 6.45) is 0.762. The number of aromatic hydroxyl groups is 1. The summed E-state index contributed by atoms with van der Waals surface area (Å²) in [6.45, 7) is 2.44. The summed E-state index contributed by atoms with van der Waals surface area (Å²) >= 11 is 1.15. The quantitative estimate of drug-likeness (QED) is 0.647. The van der Waals surface area contributed by atoms with E-state index in [0.29, 0.717) is 11.7 Å². The van der Waals surface area contributed by atoms with E-state index in [0.717, 1.165) is 29.9 Å². The third-order valence-electron chi connectivity index (χ3n) is 3.25. The molecule has 0 saturated carbocycles. The smallest absolute Gasteiger partial charge is 0.257 e. The van der Waals surface area contributed by atoms with E-state index in [-0.39, 0.29) is 23.1 Å². The lowest BCUT2D eigenvalue weighted by atomic mass is 10.3. The first-order valence-electron chi connectivity index (χ1n) is 7.28. The van der Waals surface area contributed by atoms with Crippen molar-refractivity contribution < 1.29 is 9.90 Å². The molecule has 1 amide bonds. The third kappa shape index (κ3) is 4.35. The van der Waals surface area contributed by atoms with E-state index in [9.17, 15) is 14.7 Å². The van der Waals surface area contributed by atoms with Crippen LogP contribution in [0.3, 0.4) is 0 Å². The maximum absolute atomic E-state index is 12.3. The number of benzene rings is 1. The van der Waals surface area contributed by atoms with Crippen LogP contribution in [-0.4, -0.2) is 33.4 Å². The molecule has 2 rings (SSSR count). The van der Waals surface area contributed by atoms with E-state index in [4.69, 9.17) is 0 Å². The Morgan fingerprint density at radius 1 is 1.35 bits per heavy atom. The Hall–Kier alpha value is -2.28. The average Bonchev–Trinajstić information content (AvgIpc) is 2.55. The molecule has 1 aromatic heterocycles. The monoisotopic (exact) mass is 333 g/mol. The largest absolute Gasteiger partial charge is 0.493 e. The minimum atomic E-state index is -0.325. The van der Waals surface area contributed by atoms with Crippen molar-refractivity contribution in [3.63, 3.8) is 0 Å². The van der Waals surface area contributed by atoms with Crippen LogP contribution < -0.4 is 10.5 Å². The summed E-state index contributed by atoms with van der Waals surface area (Å²) in [5.74, 6) is -0.305. The van der Waals surface area contributed by atoms with Crippen LogP contribution in [-0.2, 0) is 11.3 Å². The molecule has 122 valence electrons. The molecule has 0 aliphatic heterocycles. The molecule has 6 nitrogen and oxygen atoms in total. The van der Waals surface area contributed by atoms with E-state index < -0.39 is 0 Å². The van der Waals surface area contributed by atoms with Crippen molar-refractivity contribution in [3.05, 3.63) is 46.8 Å². The van der Waals surface area contributed by atoms with Crippen molar-refractivity contribution in [3.8, 4) is 5.88 Å². The fraction of sp³-hybridized carbons (Fsp3) is 0.312. The number of thioether (sulfide) groups is 1. The van der Waals surface area contributed by atoms with Gasteiger partial charge in [-0.1, -0.05) is 36.9 Å². The molecule has 0 saturated heterocycles. The lowest BCUT2D eigenvalue weighted by Gasteiger charge is -2.17. The van der Waals surface area contributed by atoms with Crippen LogP contribution >= 0.6 is 11.8 Å². The molecule has 2 aromatic rings. The molecular weight excluding hydrogens is 314 g/mol.